The van der Waals surface area contributed by atoms with Crippen molar-refractivity contribution < 1.29 is 22.8 Å². The second kappa shape index (κ2) is 7.61. The number of nitrogens with zero attached hydrogens (tertiary/aromatic N) is 2. The molecule has 0 spiro atoms. The summed E-state index contributed by atoms with van der Waals surface area (Å²) in [7, 11) is -3.69. The fourth-order valence-electron chi connectivity index (χ4n) is 3.26. The summed E-state index contributed by atoms with van der Waals surface area (Å²) in [5.74, 6) is 2.10. The molecule has 148 valence electrons. The lowest BCUT2D eigenvalue weighted by atomic mass is 10.1. The van der Waals surface area contributed by atoms with E-state index in [1.54, 1.807) is 11.8 Å². The predicted octanol–water partition coefficient (Wildman–Crippen LogP) is 3.19. The topological polar surface area (TPSA) is 99.0 Å². The van der Waals surface area contributed by atoms with E-state index in [1.165, 1.54) is 28.6 Å². The van der Waals surface area contributed by atoms with Gasteiger partial charge in [-0.15, -0.1) is 0 Å². The van der Waals surface area contributed by atoms with Crippen molar-refractivity contribution in [3.8, 4) is 11.5 Å². The molecule has 1 fully saturated rings. The number of benzene rings is 2. The van der Waals surface area contributed by atoms with Gasteiger partial charge in [0, 0.05) is 36.2 Å². The molecule has 2 aliphatic heterocycles. The number of sulfonamides is 1. The lowest BCUT2D eigenvalue weighted by molar-refractivity contribution is -0.384. The second-order valence-corrected chi connectivity index (χ2v) is 9.66. The maximum Gasteiger partial charge on any atom is 0.269 e. The Hall–Kier alpha value is -2.30. The van der Waals surface area contributed by atoms with Crippen molar-refractivity contribution in [3.63, 3.8) is 0 Å². The highest BCUT2D eigenvalue weighted by molar-refractivity contribution is 7.99. The third-order valence-corrected chi connectivity index (χ3v) is 8.00. The summed E-state index contributed by atoms with van der Waals surface area (Å²) >= 11 is 1.71. The first-order valence-electron chi connectivity index (χ1n) is 8.71. The van der Waals surface area contributed by atoms with Crippen LogP contribution in [0.3, 0.4) is 0 Å². The van der Waals surface area contributed by atoms with Crippen LogP contribution in [0.4, 0.5) is 5.69 Å². The molecule has 2 heterocycles. The standard InChI is InChI=1S/C18H18N2O6S2/c21-20(22)14-2-4-15(5-3-14)28(23,24)19-8-7-18(27-10-9-19)13-1-6-16-17(11-13)26-12-25-16/h1-6,11,18H,7-10,12H2. The molecule has 2 aliphatic rings. The van der Waals surface area contributed by atoms with Crippen molar-refractivity contribution in [3.05, 3.63) is 58.1 Å². The minimum atomic E-state index is -3.69. The lowest BCUT2D eigenvalue weighted by Crippen LogP contribution is -2.33. The number of non-ortho nitro benzene ring substituents is 1. The van der Waals surface area contributed by atoms with Gasteiger partial charge >= 0.3 is 0 Å². The number of nitro groups is 1. The third-order valence-electron chi connectivity index (χ3n) is 4.75. The van der Waals surface area contributed by atoms with Gasteiger partial charge in [0.1, 0.15) is 0 Å². The second-order valence-electron chi connectivity index (χ2n) is 6.42. The van der Waals surface area contributed by atoms with E-state index < -0.39 is 14.9 Å². The van der Waals surface area contributed by atoms with Crippen LogP contribution in [0.5, 0.6) is 11.5 Å². The molecule has 0 amide bonds. The van der Waals surface area contributed by atoms with E-state index in [0.717, 1.165) is 17.1 Å². The number of rotatable bonds is 4. The largest absolute Gasteiger partial charge is 0.454 e. The summed E-state index contributed by atoms with van der Waals surface area (Å²) in [6.45, 7) is 0.994. The molecule has 0 saturated carbocycles. The number of fused-ring (bicyclic) bond motifs is 1. The Morgan fingerprint density at radius 2 is 1.82 bits per heavy atom. The van der Waals surface area contributed by atoms with Crippen LogP contribution < -0.4 is 9.47 Å². The van der Waals surface area contributed by atoms with Crippen LogP contribution in [0.25, 0.3) is 0 Å². The molecule has 0 N–H and O–H groups in total. The van der Waals surface area contributed by atoms with Gasteiger partial charge in [-0.05, 0) is 36.2 Å². The molecule has 1 saturated heterocycles. The van der Waals surface area contributed by atoms with Crippen molar-refractivity contribution >= 4 is 27.5 Å². The zero-order chi connectivity index (χ0) is 19.7. The number of nitro benzene ring substituents is 1. The van der Waals surface area contributed by atoms with Crippen LogP contribution in [0, 0.1) is 10.1 Å². The average molecular weight is 422 g/mol. The number of hydrogen-bond donors (Lipinski definition) is 0. The van der Waals surface area contributed by atoms with Crippen LogP contribution in [0.1, 0.15) is 17.2 Å². The molecular weight excluding hydrogens is 404 g/mol. The summed E-state index contributed by atoms with van der Waals surface area (Å²) in [6, 6.07) is 10.9. The minimum Gasteiger partial charge on any atom is -0.454 e. The van der Waals surface area contributed by atoms with E-state index in [0.29, 0.717) is 25.3 Å². The van der Waals surface area contributed by atoms with Gasteiger partial charge in [0.05, 0.1) is 9.82 Å². The molecule has 2 aromatic rings. The first-order chi connectivity index (χ1) is 13.4. The Morgan fingerprint density at radius 1 is 1.07 bits per heavy atom. The molecule has 4 rings (SSSR count). The van der Waals surface area contributed by atoms with Crippen molar-refractivity contribution in [2.75, 3.05) is 25.6 Å². The van der Waals surface area contributed by atoms with Crippen molar-refractivity contribution in [2.24, 2.45) is 0 Å². The Kier molecular flexibility index (Phi) is 5.17. The normalized spacial score (nSPS) is 19.9. The Balaban J connectivity index is 1.49. The SMILES string of the molecule is O=[N+]([O-])c1ccc(S(=O)(=O)N2CCSC(c3ccc4c(c3)OCO4)CC2)cc1. The van der Waals surface area contributed by atoms with Crippen LogP contribution >= 0.6 is 11.8 Å². The van der Waals surface area contributed by atoms with E-state index in [-0.39, 0.29) is 22.6 Å². The molecule has 2 aromatic carbocycles. The summed E-state index contributed by atoms with van der Waals surface area (Å²) in [5, 5.41) is 10.9. The highest BCUT2D eigenvalue weighted by atomic mass is 32.2. The van der Waals surface area contributed by atoms with Gasteiger partial charge in [-0.3, -0.25) is 10.1 Å². The van der Waals surface area contributed by atoms with Gasteiger partial charge in [-0.25, -0.2) is 8.42 Å². The van der Waals surface area contributed by atoms with Crippen molar-refractivity contribution in [1.29, 1.82) is 0 Å². The van der Waals surface area contributed by atoms with Gasteiger partial charge in [-0.1, -0.05) is 6.07 Å². The molecule has 0 aliphatic carbocycles. The first kappa shape index (κ1) is 19.0. The summed E-state index contributed by atoms with van der Waals surface area (Å²) < 4.78 is 38.1. The zero-order valence-electron chi connectivity index (χ0n) is 14.8. The summed E-state index contributed by atoms with van der Waals surface area (Å²) in [6.07, 6.45) is 0.663. The molecule has 0 aromatic heterocycles. The van der Waals surface area contributed by atoms with Crippen molar-refractivity contribution in [2.45, 2.75) is 16.6 Å². The Labute approximate surface area is 166 Å². The molecule has 8 nitrogen and oxygen atoms in total. The van der Waals surface area contributed by atoms with Crippen LogP contribution in [-0.4, -0.2) is 43.3 Å². The molecule has 10 heteroatoms. The van der Waals surface area contributed by atoms with Gasteiger partial charge in [0.25, 0.3) is 5.69 Å². The van der Waals surface area contributed by atoms with E-state index in [4.69, 9.17) is 9.47 Å². The van der Waals surface area contributed by atoms with E-state index in [9.17, 15) is 18.5 Å². The zero-order valence-corrected chi connectivity index (χ0v) is 16.4. The van der Waals surface area contributed by atoms with Crippen LogP contribution in [0.15, 0.2) is 47.4 Å². The number of hydrogen-bond acceptors (Lipinski definition) is 7. The molecule has 0 radical (unpaired) electrons. The molecule has 1 atom stereocenters. The van der Waals surface area contributed by atoms with Gasteiger partial charge in [0.2, 0.25) is 16.8 Å². The lowest BCUT2D eigenvalue weighted by Gasteiger charge is -2.20. The quantitative estimate of drug-likeness (QED) is 0.551. The van der Waals surface area contributed by atoms with Gasteiger partial charge in [-0.2, -0.15) is 16.1 Å². The minimum absolute atomic E-state index is 0.0737. The number of thioether (sulfide) groups is 1. The van der Waals surface area contributed by atoms with E-state index in [1.807, 2.05) is 18.2 Å². The smallest absolute Gasteiger partial charge is 0.269 e. The molecule has 0 bridgehead atoms. The van der Waals surface area contributed by atoms with Crippen molar-refractivity contribution in [1.82, 2.24) is 4.31 Å². The molecule has 1 unspecified atom stereocenters. The van der Waals surface area contributed by atoms with Crippen LogP contribution in [-0.2, 0) is 10.0 Å². The Bertz CT molecular complexity index is 994. The van der Waals surface area contributed by atoms with E-state index >= 15 is 0 Å². The number of ether oxygens (including phenoxy) is 2. The monoisotopic (exact) mass is 422 g/mol. The maximum absolute atomic E-state index is 12.9. The fourth-order valence-corrected chi connectivity index (χ4v) is 6.05. The summed E-state index contributed by atoms with van der Waals surface area (Å²) in [5.41, 5.74) is 0.956. The van der Waals surface area contributed by atoms with E-state index in [2.05, 4.69) is 0 Å². The first-order valence-corrected chi connectivity index (χ1v) is 11.2. The summed E-state index contributed by atoms with van der Waals surface area (Å²) in [4.78, 5) is 10.3. The highest BCUT2D eigenvalue weighted by Gasteiger charge is 2.29. The molecular formula is C18H18N2O6S2. The third kappa shape index (κ3) is 3.67. The van der Waals surface area contributed by atoms with Gasteiger partial charge < -0.3 is 9.47 Å². The van der Waals surface area contributed by atoms with Gasteiger partial charge in [0.15, 0.2) is 11.5 Å². The highest BCUT2D eigenvalue weighted by Crippen LogP contribution is 2.40. The molecule has 28 heavy (non-hydrogen) atoms. The average Bonchev–Trinajstić information content (AvgIpc) is 3.01. The fraction of sp³-hybridized carbons (Fsp3) is 0.333. The Morgan fingerprint density at radius 3 is 2.57 bits per heavy atom. The predicted molar refractivity (Wildman–Crippen MR) is 104 cm³/mol. The maximum atomic E-state index is 12.9. The van der Waals surface area contributed by atoms with Crippen LogP contribution in [0.2, 0.25) is 0 Å².